The van der Waals surface area contributed by atoms with Gasteiger partial charge in [0, 0.05) is 5.56 Å². The van der Waals surface area contributed by atoms with E-state index in [2.05, 4.69) is 21.2 Å². The first-order valence-corrected chi connectivity index (χ1v) is 6.79. The highest BCUT2D eigenvalue weighted by atomic mass is 79.9. The number of nitrogens with one attached hydrogen (secondary N) is 1. The first-order chi connectivity index (χ1) is 8.75. The molecule has 7 heteroatoms. The van der Waals surface area contributed by atoms with Crippen LogP contribution in [0.1, 0.15) is 19.4 Å². The molecule has 0 aliphatic rings. The smallest absolute Gasteiger partial charge is 0.240 e. The lowest BCUT2D eigenvalue weighted by Crippen LogP contribution is -2.39. The number of hydrogen-bond acceptors (Lipinski definition) is 3. The van der Waals surface area contributed by atoms with E-state index in [4.69, 9.17) is 23.7 Å². The molecule has 0 aliphatic heterocycles. The molecule has 0 fully saturated rings. The van der Waals surface area contributed by atoms with Gasteiger partial charge in [-0.25, -0.2) is 4.39 Å². The Kier molecular flexibility index (Phi) is 5.25. The summed E-state index contributed by atoms with van der Waals surface area (Å²) in [5, 5.41) is 2.79. The van der Waals surface area contributed by atoms with E-state index >= 15 is 0 Å². The van der Waals surface area contributed by atoms with Crippen LogP contribution in [0.2, 0.25) is 0 Å². The highest BCUT2D eigenvalue weighted by molar-refractivity contribution is 9.10. The fraction of sp³-hybridized carbons (Fsp3) is 0.333. The van der Waals surface area contributed by atoms with Crippen LogP contribution in [0.4, 0.5) is 10.1 Å². The number of anilines is 1. The molecule has 0 saturated heterocycles. The zero-order valence-corrected chi connectivity index (χ0v) is 12.9. The van der Waals surface area contributed by atoms with E-state index in [9.17, 15) is 9.18 Å². The Morgan fingerprint density at radius 3 is 2.42 bits per heavy atom. The lowest BCUT2D eigenvalue weighted by molar-refractivity contribution is -0.119. The predicted octanol–water partition coefficient (Wildman–Crippen LogP) is 2.14. The van der Waals surface area contributed by atoms with Crippen LogP contribution >= 0.6 is 28.1 Å². The van der Waals surface area contributed by atoms with Crippen molar-refractivity contribution in [3.05, 3.63) is 28.0 Å². The molecule has 19 heavy (non-hydrogen) atoms. The van der Waals surface area contributed by atoms with Crippen LogP contribution in [0.15, 0.2) is 16.6 Å². The molecule has 0 bridgehead atoms. The molecule has 1 atom stereocenters. The molecule has 0 saturated carbocycles. The minimum atomic E-state index is -0.655. The minimum absolute atomic E-state index is 0.0639. The second-order valence-electron chi connectivity index (χ2n) is 4.42. The first kappa shape index (κ1) is 15.8. The molecule has 0 heterocycles. The van der Waals surface area contributed by atoms with Gasteiger partial charge < -0.3 is 16.8 Å². The maximum atomic E-state index is 14.1. The molecule has 0 aliphatic carbocycles. The molecule has 0 spiro atoms. The number of carbonyl (C=O) groups excluding carboxylic acids is 1. The number of amides is 1. The van der Waals surface area contributed by atoms with Crippen molar-refractivity contribution in [3.63, 3.8) is 0 Å². The van der Waals surface area contributed by atoms with Crippen LogP contribution in [0, 0.1) is 11.7 Å². The normalized spacial score (nSPS) is 12.3. The Bertz CT molecular complexity index is 522. The van der Waals surface area contributed by atoms with E-state index in [1.165, 1.54) is 6.07 Å². The van der Waals surface area contributed by atoms with Crippen molar-refractivity contribution >= 4 is 44.7 Å². The molecule has 5 N–H and O–H groups in total. The van der Waals surface area contributed by atoms with Gasteiger partial charge in [0.15, 0.2) is 5.82 Å². The number of thiocarbonyl (C=S) groups is 1. The summed E-state index contributed by atoms with van der Waals surface area (Å²) in [5.41, 5.74) is 11.3. The summed E-state index contributed by atoms with van der Waals surface area (Å²) in [5.74, 6) is -1.16. The summed E-state index contributed by atoms with van der Waals surface area (Å²) in [6.07, 6.45) is 0. The topological polar surface area (TPSA) is 81.1 Å². The third kappa shape index (κ3) is 3.63. The molecular formula is C12H15BrFN3OS. The van der Waals surface area contributed by atoms with E-state index in [-0.39, 0.29) is 21.1 Å². The van der Waals surface area contributed by atoms with Gasteiger partial charge in [0.05, 0.1) is 10.2 Å². The van der Waals surface area contributed by atoms with Crippen molar-refractivity contribution in [2.45, 2.75) is 19.9 Å². The number of carbonyl (C=O) groups is 1. The summed E-state index contributed by atoms with van der Waals surface area (Å²) >= 11 is 7.91. The largest absolute Gasteiger partial charge is 0.389 e. The second-order valence-corrected chi connectivity index (χ2v) is 5.65. The maximum absolute atomic E-state index is 14.1. The average molecular weight is 348 g/mol. The monoisotopic (exact) mass is 347 g/mol. The van der Waals surface area contributed by atoms with Crippen molar-refractivity contribution in [2.75, 3.05) is 5.32 Å². The highest BCUT2D eigenvalue weighted by Crippen LogP contribution is 2.28. The molecular weight excluding hydrogens is 333 g/mol. The van der Waals surface area contributed by atoms with Crippen LogP contribution in [-0.4, -0.2) is 16.9 Å². The van der Waals surface area contributed by atoms with E-state index < -0.39 is 17.8 Å². The Balaban J connectivity index is 3.13. The van der Waals surface area contributed by atoms with Gasteiger partial charge in [0.2, 0.25) is 5.91 Å². The molecule has 1 aromatic rings. The molecule has 1 amide bonds. The fourth-order valence-corrected chi connectivity index (χ4v) is 2.45. The number of benzene rings is 1. The van der Waals surface area contributed by atoms with Crippen LogP contribution in [-0.2, 0) is 4.79 Å². The summed E-state index contributed by atoms with van der Waals surface area (Å²) in [6, 6.07) is 2.40. The number of rotatable bonds is 5. The quantitative estimate of drug-likeness (QED) is 0.712. The van der Waals surface area contributed by atoms with E-state index in [1.54, 1.807) is 6.07 Å². The first-order valence-electron chi connectivity index (χ1n) is 5.59. The van der Waals surface area contributed by atoms with Gasteiger partial charge >= 0.3 is 0 Å². The van der Waals surface area contributed by atoms with E-state index in [0.29, 0.717) is 5.56 Å². The summed E-state index contributed by atoms with van der Waals surface area (Å²) in [7, 11) is 0. The SMILES string of the molecule is CC(C)C(Nc1ccc(C(N)=S)c(Br)c1F)C(N)=O. The Hall–Kier alpha value is -1.21. The molecule has 0 radical (unpaired) electrons. The highest BCUT2D eigenvalue weighted by Gasteiger charge is 2.22. The second kappa shape index (κ2) is 6.29. The van der Waals surface area contributed by atoms with Crippen molar-refractivity contribution < 1.29 is 9.18 Å². The lowest BCUT2D eigenvalue weighted by atomic mass is 10.0. The van der Waals surface area contributed by atoms with Gasteiger partial charge in [-0.1, -0.05) is 26.1 Å². The minimum Gasteiger partial charge on any atom is -0.389 e. The van der Waals surface area contributed by atoms with Crippen molar-refractivity contribution in [1.82, 2.24) is 0 Å². The summed E-state index contributed by atoms with van der Waals surface area (Å²) < 4.78 is 14.3. The van der Waals surface area contributed by atoms with Gasteiger partial charge in [-0.15, -0.1) is 0 Å². The molecule has 1 rings (SSSR count). The Morgan fingerprint density at radius 2 is 2.00 bits per heavy atom. The molecule has 4 nitrogen and oxygen atoms in total. The molecule has 104 valence electrons. The Morgan fingerprint density at radius 1 is 1.42 bits per heavy atom. The fourth-order valence-electron chi connectivity index (χ4n) is 1.59. The number of nitrogens with two attached hydrogens (primary N) is 2. The van der Waals surface area contributed by atoms with Crippen molar-refractivity contribution in [2.24, 2.45) is 17.4 Å². The lowest BCUT2D eigenvalue weighted by Gasteiger charge is -2.21. The van der Waals surface area contributed by atoms with Crippen molar-refractivity contribution in [1.29, 1.82) is 0 Å². The third-order valence-corrected chi connectivity index (χ3v) is 3.63. The van der Waals surface area contributed by atoms with Gasteiger partial charge in [0.1, 0.15) is 11.0 Å². The summed E-state index contributed by atoms with van der Waals surface area (Å²) in [4.78, 5) is 11.4. The van der Waals surface area contributed by atoms with Gasteiger partial charge in [-0.3, -0.25) is 4.79 Å². The maximum Gasteiger partial charge on any atom is 0.240 e. The van der Waals surface area contributed by atoms with Gasteiger partial charge in [-0.05, 0) is 34.0 Å². The van der Waals surface area contributed by atoms with Gasteiger partial charge in [-0.2, -0.15) is 0 Å². The Labute approximate surface area is 124 Å². The predicted molar refractivity (Wildman–Crippen MR) is 81.4 cm³/mol. The zero-order chi connectivity index (χ0) is 14.7. The molecule has 0 aromatic heterocycles. The van der Waals surface area contributed by atoms with Crippen LogP contribution in [0.25, 0.3) is 0 Å². The standard InChI is InChI=1S/C12H15BrFN3OS/c1-5(2)10(11(15)18)17-7-4-3-6(12(16)19)8(13)9(7)14/h3-5,10,17H,1-2H3,(H2,15,18)(H2,16,19). The molecule has 1 aromatic carbocycles. The van der Waals surface area contributed by atoms with Crippen molar-refractivity contribution in [3.8, 4) is 0 Å². The number of halogens is 2. The van der Waals surface area contributed by atoms with Crippen LogP contribution in [0.3, 0.4) is 0 Å². The average Bonchev–Trinajstić information content (AvgIpc) is 2.29. The van der Waals surface area contributed by atoms with Gasteiger partial charge in [0.25, 0.3) is 0 Å². The van der Waals surface area contributed by atoms with E-state index in [1.807, 2.05) is 13.8 Å². The van der Waals surface area contributed by atoms with Crippen LogP contribution < -0.4 is 16.8 Å². The van der Waals surface area contributed by atoms with E-state index in [0.717, 1.165) is 0 Å². The number of primary amides is 1. The third-order valence-electron chi connectivity index (χ3n) is 2.63. The number of hydrogen-bond donors (Lipinski definition) is 3. The summed E-state index contributed by atoms with van der Waals surface area (Å²) in [6.45, 7) is 3.64. The zero-order valence-electron chi connectivity index (χ0n) is 10.5. The van der Waals surface area contributed by atoms with Crippen LogP contribution in [0.5, 0.6) is 0 Å². The molecule has 1 unspecified atom stereocenters.